The van der Waals surface area contributed by atoms with Gasteiger partial charge in [0, 0.05) is 12.0 Å². The van der Waals surface area contributed by atoms with Gasteiger partial charge in [0.2, 0.25) is 5.91 Å². The summed E-state index contributed by atoms with van der Waals surface area (Å²) in [6, 6.07) is 26.0. The standard InChI is InChI=1S/C30H27N3O2/c34-20-23-11-15-25-24(19-23)14-17-26-29(25)31-27(16-12-21-7-3-1-4-8-21)30(32-26)33-28(35)18-13-22-9-5-2-6-10-22/h1-12,15-16,19,34H,13-14,17-18,20H2,(H,32,33,35). The largest absolute Gasteiger partial charge is 0.392 e. The molecule has 0 saturated heterocycles. The van der Waals surface area contributed by atoms with Crippen LogP contribution in [0.5, 0.6) is 0 Å². The molecule has 0 atom stereocenters. The number of fused-ring (bicyclic) bond motifs is 3. The van der Waals surface area contributed by atoms with Crippen LogP contribution < -0.4 is 5.32 Å². The van der Waals surface area contributed by atoms with Crippen molar-refractivity contribution in [2.45, 2.75) is 32.3 Å². The number of nitrogens with zero attached hydrogens (tertiary/aromatic N) is 2. The number of aliphatic hydroxyl groups excluding tert-OH is 1. The van der Waals surface area contributed by atoms with E-state index in [1.807, 2.05) is 91.0 Å². The van der Waals surface area contributed by atoms with Crippen molar-refractivity contribution in [3.8, 4) is 11.3 Å². The lowest BCUT2D eigenvalue weighted by molar-refractivity contribution is -0.116. The number of hydrogen-bond acceptors (Lipinski definition) is 4. The number of aromatic nitrogens is 2. The van der Waals surface area contributed by atoms with Crippen molar-refractivity contribution in [2.24, 2.45) is 0 Å². The highest BCUT2D eigenvalue weighted by Gasteiger charge is 2.22. The van der Waals surface area contributed by atoms with Crippen LogP contribution >= 0.6 is 0 Å². The average molecular weight is 462 g/mol. The summed E-state index contributed by atoms with van der Waals surface area (Å²) in [5.74, 6) is 0.408. The zero-order valence-corrected chi connectivity index (χ0v) is 19.4. The van der Waals surface area contributed by atoms with E-state index in [0.29, 0.717) is 24.4 Å². The van der Waals surface area contributed by atoms with E-state index >= 15 is 0 Å². The number of carbonyl (C=O) groups excluding carboxylic acids is 1. The quantitative estimate of drug-likeness (QED) is 0.382. The van der Waals surface area contributed by atoms with Crippen LogP contribution in [0.3, 0.4) is 0 Å². The molecule has 1 aliphatic rings. The number of aliphatic hydroxyl groups is 1. The average Bonchev–Trinajstić information content (AvgIpc) is 2.91. The third-order valence-corrected chi connectivity index (χ3v) is 6.21. The molecule has 3 aromatic carbocycles. The highest BCUT2D eigenvalue weighted by atomic mass is 16.3. The molecular weight excluding hydrogens is 434 g/mol. The third-order valence-electron chi connectivity index (χ3n) is 6.21. The van der Waals surface area contributed by atoms with Crippen molar-refractivity contribution in [1.29, 1.82) is 0 Å². The van der Waals surface area contributed by atoms with Gasteiger partial charge in [-0.1, -0.05) is 84.9 Å². The molecule has 0 bridgehead atoms. The van der Waals surface area contributed by atoms with E-state index in [1.165, 1.54) is 0 Å². The van der Waals surface area contributed by atoms with Crippen LogP contribution in [-0.4, -0.2) is 21.0 Å². The van der Waals surface area contributed by atoms with Crippen LogP contribution in [0.15, 0.2) is 78.9 Å². The van der Waals surface area contributed by atoms with Crippen LogP contribution in [0.25, 0.3) is 23.4 Å². The number of aryl methyl sites for hydroxylation is 3. The predicted octanol–water partition coefficient (Wildman–Crippen LogP) is 5.48. The highest BCUT2D eigenvalue weighted by molar-refractivity contribution is 5.92. The molecule has 0 aliphatic heterocycles. The van der Waals surface area contributed by atoms with Crippen LogP contribution in [0, 0.1) is 0 Å². The Bertz CT molecular complexity index is 1370. The lowest BCUT2D eigenvalue weighted by Crippen LogP contribution is -2.18. The monoisotopic (exact) mass is 461 g/mol. The molecule has 4 aromatic rings. The highest BCUT2D eigenvalue weighted by Crippen LogP contribution is 2.34. The maximum Gasteiger partial charge on any atom is 0.225 e. The van der Waals surface area contributed by atoms with Crippen molar-refractivity contribution in [3.05, 3.63) is 113 Å². The first-order valence-corrected chi connectivity index (χ1v) is 11.9. The predicted molar refractivity (Wildman–Crippen MR) is 140 cm³/mol. The fourth-order valence-electron chi connectivity index (χ4n) is 4.35. The van der Waals surface area contributed by atoms with Gasteiger partial charge in [0.25, 0.3) is 0 Å². The SMILES string of the molecule is O=C(CCc1ccccc1)Nc1nc2c(nc1C=Cc1ccccc1)-c1ccc(CO)cc1CC2. The van der Waals surface area contributed by atoms with Crippen LogP contribution in [0.4, 0.5) is 5.82 Å². The van der Waals surface area contributed by atoms with Crippen LogP contribution in [-0.2, 0) is 30.7 Å². The van der Waals surface area contributed by atoms with Gasteiger partial charge in [-0.15, -0.1) is 0 Å². The Morgan fingerprint density at radius 1 is 0.886 bits per heavy atom. The maximum absolute atomic E-state index is 12.8. The fraction of sp³-hybridized carbons (Fsp3) is 0.167. The van der Waals surface area contributed by atoms with Gasteiger partial charge in [-0.05, 0) is 47.6 Å². The van der Waals surface area contributed by atoms with Crippen molar-refractivity contribution in [3.63, 3.8) is 0 Å². The summed E-state index contributed by atoms with van der Waals surface area (Å²) in [5.41, 5.74) is 7.61. The molecule has 5 heteroatoms. The number of rotatable bonds is 7. The molecule has 0 unspecified atom stereocenters. The topological polar surface area (TPSA) is 75.1 Å². The van der Waals surface area contributed by atoms with E-state index in [-0.39, 0.29) is 12.5 Å². The van der Waals surface area contributed by atoms with E-state index in [9.17, 15) is 9.90 Å². The van der Waals surface area contributed by atoms with E-state index in [1.54, 1.807) is 0 Å². The number of carbonyl (C=O) groups is 1. The molecule has 1 aromatic heterocycles. The summed E-state index contributed by atoms with van der Waals surface area (Å²) in [5, 5.41) is 12.5. The molecule has 1 heterocycles. The Morgan fingerprint density at radius 2 is 1.66 bits per heavy atom. The van der Waals surface area contributed by atoms with E-state index in [2.05, 4.69) is 5.32 Å². The maximum atomic E-state index is 12.8. The summed E-state index contributed by atoms with van der Waals surface area (Å²) in [7, 11) is 0. The Hall–Kier alpha value is -4.09. The first-order chi connectivity index (χ1) is 17.2. The minimum Gasteiger partial charge on any atom is -0.392 e. The second-order valence-electron chi connectivity index (χ2n) is 8.68. The molecule has 5 rings (SSSR count). The van der Waals surface area contributed by atoms with Crippen LogP contribution in [0.1, 0.15) is 40.1 Å². The van der Waals surface area contributed by atoms with Gasteiger partial charge < -0.3 is 10.4 Å². The molecule has 5 nitrogen and oxygen atoms in total. The Kier molecular flexibility index (Phi) is 6.77. The zero-order chi connectivity index (χ0) is 24.0. The number of hydrogen-bond donors (Lipinski definition) is 2. The van der Waals surface area contributed by atoms with Crippen molar-refractivity contribution in [2.75, 3.05) is 5.32 Å². The summed E-state index contributed by atoms with van der Waals surface area (Å²) >= 11 is 0. The minimum atomic E-state index is -0.0822. The lowest BCUT2D eigenvalue weighted by Gasteiger charge is -2.21. The fourth-order valence-corrected chi connectivity index (χ4v) is 4.35. The van der Waals surface area contributed by atoms with E-state index in [0.717, 1.165) is 52.0 Å². The zero-order valence-electron chi connectivity index (χ0n) is 19.4. The molecule has 0 spiro atoms. The molecule has 0 radical (unpaired) electrons. The van der Waals surface area contributed by atoms with E-state index < -0.39 is 0 Å². The first-order valence-electron chi connectivity index (χ1n) is 11.9. The van der Waals surface area contributed by atoms with Gasteiger partial charge in [-0.2, -0.15) is 0 Å². The molecule has 2 N–H and O–H groups in total. The van der Waals surface area contributed by atoms with Gasteiger partial charge in [-0.25, -0.2) is 9.97 Å². The summed E-state index contributed by atoms with van der Waals surface area (Å²) < 4.78 is 0. The first kappa shape index (κ1) is 22.7. The number of anilines is 1. The molecule has 174 valence electrons. The molecular formula is C30H27N3O2. The minimum absolute atomic E-state index is 0.0187. The third kappa shape index (κ3) is 5.36. The lowest BCUT2D eigenvalue weighted by atomic mass is 9.90. The van der Waals surface area contributed by atoms with Gasteiger partial charge in [-0.3, -0.25) is 4.79 Å². The number of amides is 1. The summed E-state index contributed by atoms with van der Waals surface area (Å²) in [4.78, 5) is 22.7. The Morgan fingerprint density at radius 3 is 2.43 bits per heavy atom. The van der Waals surface area contributed by atoms with Crippen LogP contribution in [0.2, 0.25) is 0 Å². The molecule has 0 fully saturated rings. The molecule has 35 heavy (non-hydrogen) atoms. The second-order valence-corrected chi connectivity index (χ2v) is 8.68. The van der Waals surface area contributed by atoms with Crippen molar-refractivity contribution >= 4 is 23.9 Å². The van der Waals surface area contributed by atoms with Gasteiger partial charge in [0.05, 0.1) is 18.0 Å². The van der Waals surface area contributed by atoms with Gasteiger partial charge in [0.1, 0.15) is 5.69 Å². The second kappa shape index (κ2) is 10.5. The molecule has 1 amide bonds. The summed E-state index contributed by atoms with van der Waals surface area (Å²) in [6.45, 7) is 0.0187. The Balaban J connectivity index is 1.46. The molecule has 1 aliphatic carbocycles. The number of benzene rings is 3. The molecule has 0 saturated carbocycles. The summed E-state index contributed by atoms with van der Waals surface area (Å²) in [6.07, 6.45) is 6.49. The van der Waals surface area contributed by atoms with Crippen molar-refractivity contribution in [1.82, 2.24) is 9.97 Å². The smallest absolute Gasteiger partial charge is 0.225 e. The Labute approximate surface area is 205 Å². The normalized spacial score (nSPS) is 12.3. The van der Waals surface area contributed by atoms with Crippen molar-refractivity contribution < 1.29 is 9.90 Å². The number of nitrogens with one attached hydrogen (secondary N) is 1. The van der Waals surface area contributed by atoms with Gasteiger partial charge in [0.15, 0.2) is 5.82 Å². The van der Waals surface area contributed by atoms with Gasteiger partial charge >= 0.3 is 0 Å². The van der Waals surface area contributed by atoms with E-state index in [4.69, 9.17) is 9.97 Å².